The number of rotatable bonds is 2. The van der Waals surface area contributed by atoms with Crippen LogP contribution in [0.25, 0.3) is 5.65 Å². The highest BCUT2D eigenvalue weighted by molar-refractivity contribution is 7.99. The van der Waals surface area contributed by atoms with E-state index in [1.165, 1.54) is 11.8 Å². The summed E-state index contributed by atoms with van der Waals surface area (Å²) in [6.07, 6.45) is -4.64. The number of aromatic nitrogens is 4. The highest BCUT2D eigenvalue weighted by Crippen LogP contribution is 2.33. The number of nitriles is 1. The van der Waals surface area contributed by atoms with Crippen molar-refractivity contribution in [3.8, 4) is 6.07 Å². The lowest BCUT2D eigenvalue weighted by molar-refractivity contribution is -0.146. The average molecular weight is 349 g/mol. The van der Waals surface area contributed by atoms with E-state index in [2.05, 4.69) is 15.3 Å². The molecule has 0 unspecified atom stereocenters. The van der Waals surface area contributed by atoms with Crippen molar-refractivity contribution in [1.29, 1.82) is 5.26 Å². The molecule has 0 atom stereocenters. The first-order chi connectivity index (χ1) is 11.3. The average Bonchev–Trinajstić information content (AvgIpc) is 2.96. The second kappa shape index (κ2) is 5.79. The Labute approximate surface area is 139 Å². The van der Waals surface area contributed by atoms with Crippen molar-refractivity contribution in [2.45, 2.75) is 29.9 Å². The zero-order valence-corrected chi connectivity index (χ0v) is 13.4. The number of hydrogen-bond donors (Lipinski definition) is 0. The second-order valence-corrected chi connectivity index (χ2v) is 6.12. The fourth-order valence-corrected chi connectivity index (χ4v) is 3.10. The highest BCUT2D eigenvalue weighted by Gasteiger charge is 2.38. The van der Waals surface area contributed by atoms with Crippen LogP contribution in [0.5, 0.6) is 0 Å². The summed E-state index contributed by atoms with van der Waals surface area (Å²) in [6, 6.07) is 8.81. The summed E-state index contributed by atoms with van der Waals surface area (Å²) >= 11 is 1.19. The Bertz CT molecular complexity index is 972. The summed E-state index contributed by atoms with van der Waals surface area (Å²) < 4.78 is 39.8. The fraction of sp³-hybridized carbons (Fsp3) is 0.200. The summed E-state index contributed by atoms with van der Waals surface area (Å²) in [6.45, 7) is 3.44. The third-order valence-corrected chi connectivity index (χ3v) is 4.55. The van der Waals surface area contributed by atoms with Crippen molar-refractivity contribution in [3.05, 3.63) is 46.8 Å². The van der Waals surface area contributed by atoms with Crippen LogP contribution in [0.2, 0.25) is 0 Å². The maximum absolute atomic E-state index is 13.0. The van der Waals surface area contributed by atoms with E-state index in [0.717, 1.165) is 10.1 Å². The van der Waals surface area contributed by atoms with Gasteiger partial charge in [0, 0.05) is 10.5 Å². The summed E-state index contributed by atoms with van der Waals surface area (Å²) in [4.78, 5) is 0.713. The zero-order valence-electron chi connectivity index (χ0n) is 12.6. The summed E-state index contributed by atoms with van der Waals surface area (Å²) in [5, 5.41) is 20.2. The SMILES string of the molecule is Cc1c(Sc2cccc(C#N)c2)nn2c(C(F)(F)F)nnc2c1C. The van der Waals surface area contributed by atoms with Crippen molar-refractivity contribution in [2.75, 3.05) is 0 Å². The third kappa shape index (κ3) is 2.80. The van der Waals surface area contributed by atoms with Gasteiger partial charge in [-0.05, 0) is 37.6 Å². The Morgan fingerprint density at radius 1 is 1.17 bits per heavy atom. The number of nitrogens with zero attached hydrogens (tertiary/aromatic N) is 5. The summed E-state index contributed by atoms with van der Waals surface area (Å²) in [7, 11) is 0. The van der Waals surface area contributed by atoms with E-state index in [-0.39, 0.29) is 5.65 Å². The van der Waals surface area contributed by atoms with Crippen LogP contribution < -0.4 is 0 Å². The molecule has 1 aromatic carbocycles. The number of hydrogen-bond acceptors (Lipinski definition) is 5. The topological polar surface area (TPSA) is 66.9 Å². The van der Waals surface area contributed by atoms with Crippen LogP contribution in [-0.4, -0.2) is 19.8 Å². The Kier molecular flexibility index (Phi) is 3.93. The van der Waals surface area contributed by atoms with E-state index in [1.54, 1.807) is 38.1 Å². The minimum atomic E-state index is -4.64. The van der Waals surface area contributed by atoms with E-state index < -0.39 is 12.0 Å². The number of benzene rings is 1. The van der Waals surface area contributed by atoms with Crippen molar-refractivity contribution in [3.63, 3.8) is 0 Å². The molecule has 0 bridgehead atoms. The predicted molar refractivity (Wildman–Crippen MR) is 80.5 cm³/mol. The van der Waals surface area contributed by atoms with Crippen LogP contribution >= 0.6 is 11.8 Å². The fourth-order valence-electron chi connectivity index (χ4n) is 2.12. The van der Waals surface area contributed by atoms with Crippen LogP contribution in [0.1, 0.15) is 22.5 Å². The van der Waals surface area contributed by atoms with E-state index in [1.807, 2.05) is 6.07 Å². The van der Waals surface area contributed by atoms with E-state index in [4.69, 9.17) is 5.26 Å². The third-order valence-electron chi connectivity index (χ3n) is 3.48. The Morgan fingerprint density at radius 2 is 1.92 bits per heavy atom. The van der Waals surface area contributed by atoms with Gasteiger partial charge in [0.15, 0.2) is 5.65 Å². The van der Waals surface area contributed by atoms with Crippen molar-refractivity contribution in [1.82, 2.24) is 19.8 Å². The van der Waals surface area contributed by atoms with Gasteiger partial charge in [-0.1, -0.05) is 17.8 Å². The van der Waals surface area contributed by atoms with Crippen LogP contribution in [0, 0.1) is 25.2 Å². The minimum absolute atomic E-state index is 0.0787. The molecule has 3 rings (SSSR count). The van der Waals surface area contributed by atoms with Crippen LogP contribution in [0.4, 0.5) is 13.2 Å². The Balaban J connectivity index is 2.14. The summed E-state index contributed by atoms with van der Waals surface area (Å²) in [5.74, 6) is -1.16. The Morgan fingerprint density at radius 3 is 2.58 bits per heavy atom. The van der Waals surface area contributed by atoms with Crippen LogP contribution in [0.15, 0.2) is 34.2 Å². The van der Waals surface area contributed by atoms with Crippen LogP contribution in [0.3, 0.4) is 0 Å². The molecule has 0 N–H and O–H groups in total. The maximum Gasteiger partial charge on any atom is 0.453 e. The molecule has 0 fully saturated rings. The van der Waals surface area contributed by atoms with Gasteiger partial charge in [0.25, 0.3) is 5.82 Å². The largest absolute Gasteiger partial charge is 0.453 e. The van der Waals surface area contributed by atoms with Crippen molar-refractivity contribution >= 4 is 17.4 Å². The predicted octanol–water partition coefficient (Wildman–Crippen LogP) is 3.78. The lowest BCUT2D eigenvalue weighted by Gasteiger charge is -2.10. The molecule has 2 heterocycles. The van der Waals surface area contributed by atoms with Gasteiger partial charge in [-0.2, -0.15) is 28.0 Å². The monoisotopic (exact) mass is 349 g/mol. The van der Waals surface area contributed by atoms with Gasteiger partial charge in [-0.15, -0.1) is 10.2 Å². The molecule has 0 saturated heterocycles. The van der Waals surface area contributed by atoms with Gasteiger partial charge < -0.3 is 0 Å². The lowest BCUT2D eigenvalue weighted by Crippen LogP contribution is -2.13. The molecular weight excluding hydrogens is 339 g/mol. The second-order valence-electron chi connectivity index (χ2n) is 5.05. The lowest BCUT2D eigenvalue weighted by atomic mass is 10.2. The van der Waals surface area contributed by atoms with Crippen LogP contribution in [-0.2, 0) is 6.18 Å². The van der Waals surface area contributed by atoms with E-state index in [9.17, 15) is 13.2 Å². The highest BCUT2D eigenvalue weighted by atomic mass is 32.2. The summed E-state index contributed by atoms with van der Waals surface area (Å²) in [5.41, 5.74) is 1.84. The molecule has 9 heteroatoms. The molecule has 24 heavy (non-hydrogen) atoms. The number of alkyl halides is 3. The molecule has 0 aliphatic rings. The van der Waals surface area contributed by atoms with Gasteiger partial charge >= 0.3 is 6.18 Å². The van der Waals surface area contributed by atoms with E-state index in [0.29, 0.717) is 21.0 Å². The molecule has 2 aromatic heterocycles. The molecule has 5 nitrogen and oxygen atoms in total. The Hall–Kier alpha value is -2.60. The molecular formula is C15H10F3N5S. The standard InChI is InChI=1S/C15H10F3N5S/c1-8-9(2)13(24-11-5-3-4-10(6-11)7-19)22-23-12(8)20-21-14(23)15(16,17)18/h3-6H,1-2H3. The number of halogens is 3. The van der Waals surface area contributed by atoms with Crippen molar-refractivity contribution < 1.29 is 13.2 Å². The molecule has 3 aromatic rings. The zero-order chi connectivity index (χ0) is 17.5. The molecule has 0 amide bonds. The molecule has 122 valence electrons. The molecule has 0 aliphatic heterocycles. The number of aryl methyl sites for hydroxylation is 1. The smallest absolute Gasteiger partial charge is 0.192 e. The molecule has 0 spiro atoms. The number of fused-ring (bicyclic) bond motifs is 1. The first kappa shape index (κ1) is 16.3. The van der Waals surface area contributed by atoms with Gasteiger partial charge in [-0.3, -0.25) is 0 Å². The van der Waals surface area contributed by atoms with Gasteiger partial charge in [0.2, 0.25) is 0 Å². The first-order valence-corrected chi connectivity index (χ1v) is 7.60. The maximum atomic E-state index is 13.0. The van der Waals surface area contributed by atoms with Gasteiger partial charge in [0.05, 0.1) is 11.6 Å². The van der Waals surface area contributed by atoms with Gasteiger partial charge in [-0.25, -0.2) is 0 Å². The normalized spacial score (nSPS) is 11.7. The molecule has 0 saturated carbocycles. The minimum Gasteiger partial charge on any atom is -0.192 e. The molecule has 0 radical (unpaired) electrons. The van der Waals surface area contributed by atoms with Crippen molar-refractivity contribution in [2.24, 2.45) is 0 Å². The molecule has 0 aliphatic carbocycles. The first-order valence-electron chi connectivity index (χ1n) is 6.79. The quantitative estimate of drug-likeness (QED) is 0.704. The van der Waals surface area contributed by atoms with Gasteiger partial charge in [0.1, 0.15) is 5.03 Å². The van der Waals surface area contributed by atoms with E-state index >= 15 is 0 Å².